The summed E-state index contributed by atoms with van der Waals surface area (Å²) >= 11 is 0. The Morgan fingerprint density at radius 1 is 1.60 bits per heavy atom. The van der Waals surface area contributed by atoms with Gasteiger partial charge in [-0.2, -0.15) is 5.10 Å². The van der Waals surface area contributed by atoms with Gasteiger partial charge >= 0.3 is 0 Å². The summed E-state index contributed by atoms with van der Waals surface area (Å²) in [5, 5.41) is 3.83. The van der Waals surface area contributed by atoms with Crippen molar-refractivity contribution >= 4 is 9.84 Å². The Morgan fingerprint density at radius 2 is 2.40 bits per heavy atom. The van der Waals surface area contributed by atoms with Gasteiger partial charge in [0.2, 0.25) is 0 Å². The van der Waals surface area contributed by atoms with Crippen molar-refractivity contribution in [1.82, 2.24) is 9.78 Å². The summed E-state index contributed by atoms with van der Waals surface area (Å²) in [7, 11) is -2.86. The standard InChI is InChI=1S/C5H6N2O2S/c8-10(9)3-5-1-2-6-7(5)4-10/h1-2H,3-4H2. The van der Waals surface area contributed by atoms with E-state index in [1.165, 1.54) is 4.68 Å². The van der Waals surface area contributed by atoms with Crippen molar-refractivity contribution in [2.45, 2.75) is 11.6 Å². The van der Waals surface area contributed by atoms with Crippen molar-refractivity contribution in [2.24, 2.45) is 0 Å². The third-order valence-corrected chi connectivity index (χ3v) is 2.86. The number of rotatable bonds is 0. The summed E-state index contributed by atoms with van der Waals surface area (Å²) in [6.45, 7) is 0. The first-order valence-corrected chi connectivity index (χ1v) is 4.71. The normalized spacial score (nSPS) is 20.8. The van der Waals surface area contributed by atoms with Gasteiger partial charge in [0.05, 0.1) is 11.4 Å². The van der Waals surface area contributed by atoms with E-state index >= 15 is 0 Å². The molecule has 0 unspecified atom stereocenters. The number of fused-ring (bicyclic) bond motifs is 1. The minimum Gasteiger partial charge on any atom is -0.253 e. The van der Waals surface area contributed by atoms with E-state index in [-0.39, 0.29) is 11.6 Å². The molecule has 2 rings (SSSR count). The van der Waals surface area contributed by atoms with Crippen LogP contribution in [0.4, 0.5) is 0 Å². The maximum atomic E-state index is 10.9. The maximum Gasteiger partial charge on any atom is 0.176 e. The van der Waals surface area contributed by atoms with Crippen molar-refractivity contribution < 1.29 is 8.42 Å². The van der Waals surface area contributed by atoms with E-state index in [1.807, 2.05) is 0 Å². The molecular weight excluding hydrogens is 152 g/mol. The lowest BCUT2D eigenvalue weighted by atomic mass is 10.5. The average molecular weight is 158 g/mol. The molecule has 0 saturated heterocycles. The highest BCUT2D eigenvalue weighted by Crippen LogP contribution is 2.15. The molecular formula is C5H6N2O2S. The van der Waals surface area contributed by atoms with Crippen molar-refractivity contribution in [3.05, 3.63) is 18.0 Å². The van der Waals surface area contributed by atoms with Crippen molar-refractivity contribution in [3.8, 4) is 0 Å². The van der Waals surface area contributed by atoms with E-state index in [0.717, 1.165) is 5.69 Å². The molecule has 0 spiro atoms. The summed E-state index contributed by atoms with van der Waals surface area (Å²) in [5.74, 6) is 0.197. The molecule has 4 nitrogen and oxygen atoms in total. The lowest BCUT2D eigenvalue weighted by molar-refractivity contribution is 0.588. The second kappa shape index (κ2) is 1.60. The second-order valence-electron chi connectivity index (χ2n) is 2.34. The van der Waals surface area contributed by atoms with E-state index < -0.39 is 9.84 Å². The van der Waals surface area contributed by atoms with Gasteiger partial charge in [-0.05, 0) is 6.07 Å². The first-order chi connectivity index (χ1) is 4.67. The second-order valence-corrected chi connectivity index (χ2v) is 4.37. The van der Waals surface area contributed by atoms with Crippen LogP contribution >= 0.6 is 0 Å². The van der Waals surface area contributed by atoms with Crippen LogP contribution in [-0.4, -0.2) is 18.2 Å². The predicted octanol–water partition coefficient (Wildman–Crippen LogP) is -0.231. The highest BCUT2D eigenvalue weighted by molar-refractivity contribution is 7.89. The molecule has 0 radical (unpaired) electrons. The highest BCUT2D eigenvalue weighted by Gasteiger charge is 2.23. The fraction of sp³-hybridized carbons (Fsp3) is 0.400. The molecule has 1 aromatic heterocycles. The zero-order chi connectivity index (χ0) is 7.19. The molecule has 1 aliphatic heterocycles. The van der Waals surface area contributed by atoms with E-state index in [2.05, 4.69) is 5.10 Å². The zero-order valence-electron chi connectivity index (χ0n) is 5.19. The Balaban J connectivity index is 2.56. The molecule has 54 valence electrons. The Bertz CT molecular complexity index is 325. The van der Waals surface area contributed by atoms with Gasteiger partial charge in [-0.15, -0.1) is 0 Å². The molecule has 0 bridgehead atoms. The molecule has 1 aliphatic rings. The summed E-state index contributed by atoms with van der Waals surface area (Å²) in [5.41, 5.74) is 0.792. The number of nitrogens with zero attached hydrogens (tertiary/aromatic N) is 2. The SMILES string of the molecule is O=S1(=O)Cc2ccnn2C1. The topological polar surface area (TPSA) is 52.0 Å². The van der Waals surface area contributed by atoms with E-state index in [1.54, 1.807) is 12.3 Å². The first-order valence-electron chi connectivity index (χ1n) is 2.88. The number of hydrogen-bond donors (Lipinski definition) is 0. The molecule has 1 aromatic rings. The Labute approximate surface area is 58.4 Å². The largest absolute Gasteiger partial charge is 0.253 e. The Kier molecular flexibility index (Phi) is 0.947. The summed E-state index contributed by atoms with van der Waals surface area (Å²) in [6.07, 6.45) is 1.62. The minimum absolute atomic E-state index is 0.0509. The van der Waals surface area contributed by atoms with Crippen LogP contribution in [0.5, 0.6) is 0 Å². The number of sulfone groups is 1. The quantitative estimate of drug-likeness (QED) is 0.524. The molecule has 0 aliphatic carbocycles. The Hall–Kier alpha value is -0.840. The average Bonchev–Trinajstić information content (AvgIpc) is 2.20. The molecule has 0 atom stereocenters. The van der Waals surface area contributed by atoms with Crippen LogP contribution in [0, 0.1) is 0 Å². The Morgan fingerprint density at radius 3 is 3.10 bits per heavy atom. The maximum absolute atomic E-state index is 10.9. The molecule has 0 saturated carbocycles. The monoisotopic (exact) mass is 158 g/mol. The summed E-state index contributed by atoms with van der Waals surface area (Å²) < 4.78 is 23.3. The molecule has 0 fully saturated rings. The lowest BCUT2D eigenvalue weighted by Crippen LogP contribution is -2.01. The van der Waals surface area contributed by atoms with E-state index in [9.17, 15) is 8.42 Å². The smallest absolute Gasteiger partial charge is 0.176 e. The van der Waals surface area contributed by atoms with Gasteiger partial charge in [-0.3, -0.25) is 4.68 Å². The van der Waals surface area contributed by atoms with Gasteiger partial charge in [-0.1, -0.05) is 0 Å². The van der Waals surface area contributed by atoms with Crippen molar-refractivity contribution in [3.63, 3.8) is 0 Å². The molecule has 2 heterocycles. The summed E-state index contributed by atoms with van der Waals surface area (Å²) in [6, 6.07) is 1.73. The van der Waals surface area contributed by atoms with E-state index in [4.69, 9.17) is 0 Å². The number of hydrogen-bond acceptors (Lipinski definition) is 3. The van der Waals surface area contributed by atoms with Gasteiger partial charge in [0, 0.05) is 6.20 Å². The third-order valence-electron chi connectivity index (χ3n) is 1.49. The van der Waals surface area contributed by atoms with Gasteiger partial charge in [-0.25, -0.2) is 8.42 Å². The molecule has 10 heavy (non-hydrogen) atoms. The van der Waals surface area contributed by atoms with Gasteiger partial charge < -0.3 is 0 Å². The van der Waals surface area contributed by atoms with Crippen LogP contribution in [0.2, 0.25) is 0 Å². The van der Waals surface area contributed by atoms with Gasteiger partial charge in [0.25, 0.3) is 0 Å². The first kappa shape index (κ1) is 5.91. The molecule has 0 N–H and O–H groups in total. The predicted molar refractivity (Wildman–Crippen MR) is 34.9 cm³/mol. The van der Waals surface area contributed by atoms with Gasteiger partial charge in [0.1, 0.15) is 5.88 Å². The fourth-order valence-electron chi connectivity index (χ4n) is 1.06. The van der Waals surface area contributed by atoms with Crippen LogP contribution in [-0.2, 0) is 21.5 Å². The van der Waals surface area contributed by atoms with Crippen LogP contribution in [0.15, 0.2) is 12.3 Å². The van der Waals surface area contributed by atoms with Crippen LogP contribution in [0.3, 0.4) is 0 Å². The van der Waals surface area contributed by atoms with Crippen LogP contribution in [0.25, 0.3) is 0 Å². The fourth-order valence-corrected chi connectivity index (χ4v) is 2.45. The van der Waals surface area contributed by atoms with Crippen LogP contribution < -0.4 is 0 Å². The third kappa shape index (κ3) is 0.740. The molecule has 5 heteroatoms. The van der Waals surface area contributed by atoms with Gasteiger partial charge in [0.15, 0.2) is 9.84 Å². The lowest BCUT2D eigenvalue weighted by Gasteiger charge is -1.87. The van der Waals surface area contributed by atoms with Crippen molar-refractivity contribution in [1.29, 1.82) is 0 Å². The zero-order valence-corrected chi connectivity index (χ0v) is 6.00. The van der Waals surface area contributed by atoms with E-state index in [0.29, 0.717) is 0 Å². The summed E-state index contributed by atoms with van der Waals surface area (Å²) in [4.78, 5) is 0. The minimum atomic E-state index is -2.86. The number of aromatic nitrogens is 2. The van der Waals surface area contributed by atoms with Crippen molar-refractivity contribution in [2.75, 3.05) is 0 Å². The highest BCUT2D eigenvalue weighted by atomic mass is 32.2. The molecule has 0 aromatic carbocycles. The van der Waals surface area contributed by atoms with Crippen LogP contribution in [0.1, 0.15) is 5.69 Å². The molecule has 0 amide bonds.